The molecule has 0 aliphatic rings. The topological polar surface area (TPSA) is 396 Å². The standard InChI is InChI=1S/C24H54N16O3/c25-10-16(19(41)13(28)4-1-7-37-22(31)32)40(17(11-26)20(42)14(29)5-2-8-38-23(33)34)18(12-27)21(43)15(30)6-3-9-39-24(35)36/h13-18H,1-12,25-30H2,(H4,31,32,37)(H4,33,34,38)(H4,35,36,39). The maximum absolute atomic E-state index is 13.6. The number of carbonyl (C=O) groups excluding carboxylic acids is 3. The zero-order valence-electron chi connectivity index (χ0n) is 24.8. The number of nitrogens with two attached hydrogens (primary N) is 9. The van der Waals surface area contributed by atoms with E-state index < -0.39 is 53.6 Å². The lowest BCUT2D eigenvalue weighted by molar-refractivity contribution is -0.138. The van der Waals surface area contributed by atoms with Gasteiger partial charge < -0.3 is 67.6 Å². The Bertz CT molecular complexity index is 805. The van der Waals surface area contributed by atoms with Crippen molar-refractivity contribution in [2.24, 2.45) is 51.6 Å². The molecule has 19 nitrogen and oxygen atoms in total. The zero-order valence-corrected chi connectivity index (χ0v) is 24.8. The van der Waals surface area contributed by atoms with Crippen LogP contribution >= 0.6 is 0 Å². The Kier molecular flexibility index (Phi) is 19.6. The van der Waals surface area contributed by atoms with Crippen molar-refractivity contribution < 1.29 is 14.4 Å². The Morgan fingerprint density at radius 3 is 0.953 bits per heavy atom. The molecule has 24 N–H and O–H groups in total. The second kappa shape index (κ2) is 21.3. The maximum Gasteiger partial charge on any atom is 0.185 e. The van der Waals surface area contributed by atoms with Crippen LogP contribution in [0.25, 0.3) is 0 Å². The molecule has 0 saturated carbocycles. The lowest BCUT2D eigenvalue weighted by Crippen LogP contribution is -2.67. The van der Waals surface area contributed by atoms with Gasteiger partial charge in [0, 0.05) is 39.3 Å². The summed E-state index contributed by atoms with van der Waals surface area (Å²) < 4.78 is 0. The molecule has 6 atom stereocenters. The second-order valence-corrected chi connectivity index (χ2v) is 10.2. The van der Waals surface area contributed by atoms with Crippen LogP contribution in [0.1, 0.15) is 38.5 Å². The summed E-state index contributed by atoms with van der Waals surface area (Å²) in [5.41, 5.74) is 52.8. The summed E-state index contributed by atoms with van der Waals surface area (Å²) in [5.74, 6) is -2.24. The average Bonchev–Trinajstić information content (AvgIpc) is 2.95. The van der Waals surface area contributed by atoms with E-state index in [1.807, 2.05) is 0 Å². The monoisotopic (exact) mass is 614 g/mol. The summed E-state index contributed by atoms with van der Waals surface area (Å²) in [6, 6.07) is -6.73. The Morgan fingerprint density at radius 1 is 0.535 bits per heavy atom. The summed E-state index contributed by atoms with van der Waals surface area (Å²) in [6.45, 7) is 0.00937. The molecule has 6 unspecified atom stereocenters. The predicted molar refractivity (Wildman–Crippen MR) is 167 cm³/mol. The Balaban J connectivity index is 6.21. The number of nitrogens with zero attached hydrogens (tertiary/aromatic N) is 1. The van der Waals surface area contributed by atoms with Crippen molar-refractivity contribution >= 4 is 35.2 Å². The molecule has 43 heavy (non-hydrogen) atoms. The molecule has 0 heterocycles. The molecule has 0 rings (SSSR count). The number of ketones is 3. The summed E-state index contributed by atoms with van der Waals surface area (Å²) in [4.78, 5) is 42.2. The molecule has 0 amide bonds. The van der Waals surface area contributed by atoms with Crippen molar-refractivity contribution in [3.05, 3.63) is 0 Å². The Morgan fingerprint density at radius 2 is 0.767 bits per heavy atom. The predicted octanol–water partition coefficient (Wildman–Crippen LogP) is -6.25. The third kappa shape index (κ3) is 14.5. The molecule has 0 radical (unpaired) electrons. The summed E-state index contributed by atoms with van der Waals surface area (Å²) in [5, 5.41) is 29.6. The van der Waals surface area contributed by atoms with Gasteiger partial charge in [0.2, 0.25) is 0 Å². The molecule has 0 aromatic carbocycles. The Labute approximate surface area is 252 Å². The van der Waals surface area contributed by atoms with Crippen molar-refractivity contribution in [2.45, 2.75) is 74.8 Å². The van der Waals surface area contributed by atoms with Gasteiger partial charge in [0.15, 0.2) is 35.2 Å². The molecule has 0 aliphatic carbocycles. The fourth-order valence-electron chi connectivity index (χ4n) is 4.61. The van der Waals surface area contributed by atoms with E-state index in [1.54, 1.807) is 0 Å². The van der Waals surface area contributed by atoms with Gasteiger partial charge in [-0.2, -0.15) is 0 Å². The van der Waals surface area contributed by atoms with Crippen molar-refractivity contribution in [3.8, 4) is 0 Å². The number of guanidine groups is 3. The Hall–Kier alpha value is -3.46. The summed E-state index contributed by atoms with van der Waals surface area (Å²) in [7, 11) is 0. The van der Waals surface area contributed by atoms with Gasteiger partial charge in [-0.3, -0.25) is 35.5 Å². The number of Topliss-reactive ketones (excluding diaryl/α,β-unsaturated/α-hetero) is 3. The van der Waals surface area contributed by atoms with Crippen LogP contribution in [-0.4, -0.2) is 116 Å². The third-order valence-electron chi connectivity index (χ3n) is 6.85. The van der Waals surface area contributed by atoms with E-state index in [1.165, 1.54) is 4.90 Å². The van der Waals surface area contributed by atoms with Crippen molar-refractivity contribution in [1.29, 1.82) is 16.2 Å². The number of carbonyl (C=O) groups is 3. The number of rotatable bonds is 24. The van der Waals surface area contributed by atoms with Crippen LogP contribution in [0.5, 0.6) is 0 Å². The van der Waals surface area contributed by atoms with Gasteiger partial charge in [0.05, 0.1) is 36.3 Å². The SMILES string of the molecule is N=C(N)NCCCC(N)C(=O)C(CN)N(C(CN)C(=O)C(N)CCCNC(=N)N)C(CN)C(=O)C(N)CCCNC(=N)N. The first-order valence-electron chi connectivity index (χ1n) is 14.2. The molecule has 0 aromatic heterocycles. The van der Waals surface area contributed by atoms with Gasteiger partial charge in [0.25, 0.3) is 0 Å². The summed E-state index contributed by atoms with van der Waals surface area (Å²) in [6.07, 6.45) is 1.83. The number of nitrogens with one attached hydrogen (secondary N) is 6. The molecular weight excluding hydrogens is 560 g/mol. The van der Waals surface area contributed by atoms with Crippen molar-refractivity contribution in [1.82, 2.24) is 20.9 Å². The van der Waals surface area contributed by atoms with Crippen LogP contribution in [0.3, 0.4) is 0 Å². The molecule has 0 aliphatic heterocycles. The molecule has 0 bridgehead atoms. The minimum absolute atomic E-state index is 0.206. The van der Waals surface area contributed by atoms with Gasteiger partial charge in [0.1, 0.15) is 0 Å². The van der Waals surface area contributed by atoms with Gasteiger partial charge >= 0.3 is 0 Å². The van der Waals surface area contributed by atoms with E-state index >= 15 is 0 Å². The van der Waals surface area contributed by atoms with E-state index in [0.717, 1.165) is 0 Å². The molecule has 0 fully saturated rings. The highest BCUT2D eigenvalue weighted by molar-refractivity contribution is 5.95. The lowest BCUT2D eigenvalue weighted by Gasteiger charge is -2.42. The summed E-state index contributed by atoms with van der Waals surface area (Å²) >= 11 is 0. The zero-order chi connectivity index (χ0) is 33.1. The molecular formula is C24H54N16O3. The molecule has 248 valence electrons. The largest absolute Gasteiger partial charge is 0.370 e. The quantitative estimate of drug-likeness (QED) is 0.0273. The average molecular weight is 615 g/mol. The van der Waals surface area contributed by atoms with Crippen LogP contribution in [0, 0.1) is 16.2 Å². The van der Waals surface area contributed by atoms with E-state index in [4.69, 9.17) is 67.8 Å². The van der Waals surface area contributed by atoms with Crippen molar-refractivity contribution in [2.75, 3.05) is 39.3 Å². The number of hydrogen-bond donors (Lipinski definition) is 15. The van der Waals surface area contributed by atoms with Crippen LogP contribution in [0.2, 0.25) is 0 Å². The maximum atomic E-state index is 13.6. The van der Waals surface area contributed by atoms with E-state index in [2.05, 4.69) is 16.0 Å². The minimum atomic E-state index is -1.22. The molecule has 0 aromatic rings. The normalized spacial score (nSPS) is 15.4. The van der Waals surface area contributed by atoms with Crippen molar-refractivity contribution in [3.63, 3.8) is 0 Å². The first-order chi connectivity index (χ1) is 20.2. The fraction of sp³-hybridized carbons (Fsp3) is 0.750. The second-order valence-electron chi connectivity index (χ2n) is 10.2. The van der Waals surface area contributed by atoms with Gasteiger partial charge in [-0.25, -0.2) is 0 Å². The third-order valence-corrected chi connectivity index (χ3v) is 6.85. The lowest BCUT2D eigenvalue weighted by atomic mass is 9.90. The highest BCUT2D eigenvalue weighted by Gasteiger charge is 2.43. The first kappa shape index (κ1) is 39.5. The first-order valence-corrected chi connectivity index (χ1v) is 14.2. The highest BCUT2D eigenvalue weighted by Crippen LogP contribution is 2.19. The fourth-order valence-corrected chi connectivity index (χ4v) is 4.61. The van der Waals surface area contributed by atoms with E-state index in [9.17, 15) is 14.4 Å². The highest BCUT2D eigenvalue weighted by atomic mass is 16.1. The van der Waals surface area contributed by atoms with Crippen LogP contribution in [0.4, 0.5) is 0 Å². The molecule has 0 spiro atoms. The molecule has 0 saturated heterocycles. The van der Waals surface area contributed by atoms with E-state index in [-0.39, 0.29) is 56.8 Å². The van der Waals surface area contributed by atoms with Gasteiger partial charge in [-0.1, -0.05) is 0 Å². The van der Waals surface area contributed by atoms with Crippen LogP contribution in [0.15, 0.2) is 0 Å². The van der Waals surface area contributed by atoms with Gasteiger partial charge in [-0.05, 0) is 38.5 Å². The van der Waals surface area contributed by atoms with Crippen LogP contribution < -0.4 is 67.6 Å². The van der Waals surface area contributed by atoms with Crippen LogP contribution in [-0.2, 0) is 14.4 Å². The van der Waals surface area contributed by atoms with Gasteiger partial charge in [-0.15, -0.1) is 0 Å². The minimum Gasteiger partial charge on any atom is -0.370 e. The molecule has 19 heteroatoms. The smallest absolute Gasteiger partial charge is 0.185 e. The number of hydrogen-bond acceptors (Lipinski definition) is 13. The van der Waals surface area contributed by atoms with E-state index in [0.29, 0.717) is 38.9 Å².